The van der Waals surface area contributed by atoms with E-state index in [1.54, 1.807) is 7.11 Å². The third kappa shape index (κ3) is 2.67. The van der Waals surface area contributed by atoms with Gasteiger partial charge in [0.1, 0.15) is 5.75 Å². The first-order valence-electron chi connectivity index (χ1n) is 5.99. The molecule has 1 saturated heterocycles. The van der Waals surface area contributed by atoms with Gasteiger partial charge in [-0.3, -0.25) is 4.79 Å². The van der Waals surface area contributed by atoms with Crippen molar-refractivity contribution in [3.63, 3.8) is 0 Å². The van der Waals surface area contributed by atoms with Crippen LogP contribution in [0.15, 0.2) is 18.2 Å². The van der Waals surface area contributed by atoms with Gasteiger partial charge >= 0.3 is 0 Å². The average molecular weight is 234 g/mol. The fourth-order valence-electron chi connectivity index (χ4n) is 2.17. The van der Waals surface area contributed by atoms with Gasteiger partial charge in [0, 0.05) is 12.5 Å². The van der Waals surface area contributed by atoms with Crippen LogP contribution in [0.5, 0.6) is 5.75 Å². The molecule has 0 spiro atoms. The summed E-state index contributed by atoms with van der Waals surface area (Å²) in [6.07, 6.45) is 1.88. The summed E-state index contributed by atoms with van der Waals surface area (Å²) in [6.45, 7) is 3.30. The highest BCUT2D eigenvalue weighted by Gasteiger charge is 2.25. The lowest BCUT2D eigenvalue weighted by molar-refractivity contribution is 0.0459. The van der Waals surface area contributed by atoms with E-state index < -0.39 is 0 Å². The molecule has 1 atom stereocenters. The maximum atomic E-state index is 12.3. The zero-order valence-electron chi connectivity index (χ0n) is 10.4. The zero-order valence-corrected chi connectivity index (χ0v) is 10.4. The van der Waals surface area contributed by atoms with Gasteiger partial charge in [0.15, 0.2) is 5.78 Å². The minimum atomic E-state index is -0.0136. The Morgan fingerprint density at radius 3 is 2.94 bits per heavy atom. The molecule has 2 rings (SSSR count). The van der Waals surface area contributed by atoms with Gasteiger partial charge in [-0.2, -0.15) is 0 Å². The van der Waals surface area contributed by atoms with Crippen LogP contribution in [0.25, 0.3) is 0 Å². The van der Waals surface area contributed by atoms with Crippen molar-refractivity contribution in [2.24, 2.45) is 5.92 Å². The lowest BCUT2D eigenvalue weighted by atomic mass is 9.92. The highest BCUT2D eigenvalue weighted by molar-refractivity contribution is 6.00. The highest BCUT2D eigenvalue weighted by Crippen LogP contribution is 2.26. The second-order valence-corrected chi connectivity index (χ2v) is 4.48. The molecule has 0 bridgehead atoms. The number of hydrogen-bond acceptors (Lipinski definition) is 3. The Hall–Kier alpha value is -1.35. The molecule has 0 radical (unpaired) electrons. The molecule has 1 unspecified atom stereocenters. The molecule has 1 aromatic carbocycles. The van der Waals surface area contributed by atoms with Crippen LogP contribution >= 0.6 is 0 Å². The Bertz CT molecular complexity index is 406. The summed E-state index contributed by atoms with van der Waals surface area (Å²) in [4.78, 5) is 12.3. The molecule has 1 fully saturated rings. The van der Waals surface area contributed by atoms with Gasteiger partial charge < -0.3 is 9.47 Å². The van der Waals surface area contributed by atoms with Gasteiger partial charge in [-0.1, -0.05) is 6.07 Å². The predicted molar refractivity (Wildman–Crippen MR) is 65.6 cm³/mol. The minimum Gasteiger partial charge on any atom is -0.496 e. The number of rotatable bonds is 3. The smallest absolute Gasteiger partial charge is 0.171 e. The van der Waals surface area contributed by atoms with E-state index in [4.69, 9.17) is 9.47 Å². The summed E-state index contributed by atoms with van der Waals surface area (Å²) in [7, 11) is 1.60. The summed E-state index contributed by atoms with van der Waals surface area (Å²) in [6, 6.07) is 5.70. The SMILES string of the molecule is COc1cc(C)ccc1C(=O)C1CCCOC1. The van der Waals surface area contributed by atoms with Crippen LogP contribution < -0.4 is 4.74 Å². The highest BCUT2D eigenvalue weighted by atomic mass is 16.5. The molecule has 1 heterocycles. The lowest BCUT2D eigenvalue weighted by Crippen LogP contribution is -2.25. The average Bonchev–Trinajstić information content (AvgIpc) is 2.39. The summed E-state index contributed by atoms with van der Waals surface area (Å²) in [5, 5.41) is 0. The van der Waals surface area contributed by atoms with Gasteiger partial charge in [0.05, 0.1) is 19.3 Å². The van der Waals surface area contributed by atoms with Crippen LogP contribution in [-0.2, 0) is 4.74 Å². The van der Waals surface area contributed by atoms with Crippen molar-refractivity contribution in [2.75, 3.05) is 20.3 Å². The molecular formula is C14H18O3. The number of methoxy groups -OCH3 is 1. The quantitative estimate of drug-likeness (QED) is 0.754. The fourth-order valence-corrected chi connectivity index (χ4v) is 2.17. The van der Waals surface area contributed by atoms with E-state index in [1.807, 2.05) is 25.1 Å². The third-order valence-electron chi connectivity index (χ3n) is 3.15. The lowest BCUT2D eigenvalue weighted by Gasteiger charge is -2.21. The first-order chi connectivity index (χ1) is 8.22. The van der Waals surface area contributed by atoms with Crippen LogP contribution in [0.2, 0.25) is 0 Å². The maximum absolute atomic E-state index is 12.3. The van der Waals surface area contributed by atoms with Gasteiger partial charge in [-0.25, -0.2) is 0 Å². The molecular weight excluding hydrogens is 216 g/mol. The van der Waals surface area contributed by atoms with Crippen molar-refractivity contribution < 1.29 is 14.3 Å². The topological polar surface area (TPSA) is 35.5 Å². The Morgan fingerprint density at radius 1 is 1.47 bits per heavy atom. The van der Waals surface area contributed by atoms with E-state index in [0.717, 1.165) is 25.0 Å². The molecule has 0 aliphatic carbocycles. The van der Waals surface area contributed by atoms with E-state index in [0.29, 0.717) is 17.9 Å². The number of ether oxygens (including phenoxy) is 2. The van der Waals surface area contributed by atoms with Gasteiger partial charge in [-0.15, -0.1) is 0 Å². The van der Waals surface area contributed by atoms with Crippen molar-refractivity contribution in [1.29, 1.82) is 0 Å². The molecule has 0 saturated carbocycles. The van der Waals surface area contributed by atoms with Crippen molar-refractivity contribution in [1.82, 2.24) is 0 Å². The van der Waals surface area contributed by atoms with Crippen molar-refractivity contribution in [3.8, 4) is 5.75 Å². The predicted octanol–water partition coefficient (Wildman–Crippen LogP) is 2.61. The first kappa shape index (κ1) is 12.1. The second kappa shape index (κ2) is 5.32. The molecule has 17 heavy (non-hydrogen) atoms. The summed E-state index contributed by atoms with van der Waals surface area (Å²) < 4.78 is 10.6. The number of Topliss-reactive ketones (excluding diaryl/α,β-unsaturated/α-hetero) is 1. The zero-order chi connectivity index (χ0) is 12.3. The Labute approximate surface area is 102 Å². The number of aryl methyl sites for hydroxylation is 1. The molecule has 3 heteroatoms. The summed E-state index contributed by atoms with van der Waals surface area (Å²) >= 11 is 0. The standard InChI is InChI=1S/C14H18O3/c1-10-5-6-12(13(8-10)16-2)14(15)11-4-3-7-17-9-11/h5-6,8,11H,3-4,7,9H2,1-2H3. The van der Waals surface area contributed by atoms with Crippen molar-refractivity contribution in [2.45, 2.75) is 19.8 Å². The van der Waals surface area contributed by atoms with Crippen molar-refractivity contribution >= 4 is 5.78 Å². The monoisotopic (exact) mass is 234 g/mol. The number of carbonyl (C=O) groups is 1. The van der Waals surface area contributed by atoms with Gasteiger partial charge in [0.25, 0.3) is 0 Å². The Kier molecular flexibility index (Phi) is 3.79. The van der Waals surface area contributed by atoms with E-state index in [2.05, 4.69) is 0 Å². The van der Waals surface area contributed by atoms with Crippen LogP contribution in [0, 0.1) is 12.8 Å². The minimum absolute atomic E-state index is 0.0136. The molecule has 0 N–H and O–H groups in total. The van der Waals surface area contributed by atoms with E-state index in [1.165, 1.54) is 0 Å². The Morgan fingerprint density at radius 2 is 2.29 bits per heavy atom. The van der Waals surface area contributed by atoms with E-state index in [-0.39, 0.29) is 11.7 Å². The molecule has 0 aromatic heterocycles. The number of carbonyl (C=O) groups excluding carboxylic acids is 1. The number of benzene rings is 1. The van der Waals surface area contributed by atoms with Crippen LogP contribution in [-0.4, -0.2) is 26.1 Å². The third-order valence-corrected chi connectivity index (χ3v) is 3.15. The van der Waals surface area contributed by atoms with Gasteiger partial charge in [-0.05, 0) is 37.5 Å². The first-order valence-corrected chi connectivity index (χ1v) is 5.99. The molecule has 1 aliphatic rings. The molecule has 1 aromatic rings. The van der Waals surface area contributed by atoms with Crippen LogP contribution in [0.1, 0.15) is 28.8 Å². The van der Waals surface area contributed by atoms with Crippen molar-refractivity contribution in [3.05, 3.63) is 29.3 Å². The van der Waals surface area contributed by atoms with Crippen LogP contribution in [0.4, 0.5) is 0 Å². The summed E-state index contributed by atoms with van der Waals surface area (Å²) in [5.74, 6) is 0.794. The number of ketones is 1. The van der Waals surface area contributed by atoms with E-state index >= 15 is 0 Å². The molecule has 92 valence electrons. The fraction of sp³-hybridized carbons (Fsp3) is 0.500. The summed E-state index contributed by atoms with van der Waals surface area (Å²) in [5.41, 5.74) is 1.77. The largest absolute Gasteiger partial charge is 0.496 e. The molecule has 0 amide bonds. The maximum Gasteiger partial charge on any atom is 0.171 e. The molecule has 3 nitrogen and oxygen atoms in total. The molecule has 1 aliphatic heterocycles. The normalized spacial score (nSPS) is 20.0. The van der Waals surface area contributed by atoms with Gasteiger partial charge in [0.2, 0.25) is 0 Å². The van der Waals surface area contributed by atoms with Crippen LogP contribution in [0.3, 0.4) is 0 Å². The second-order valence-electron chi connectivity index (χ2n) is 4.48. The van der Waals surface area contributed by atoms with E-state index in [9.17, 15) is 4.79 Å². The number of hydrogen-bond donors (Lipinski definition) is 0. The Balaban J connectivity index is 2.23.